The highest BCUT2D eigenvalue weighted by atomic mass is 32.2. The number of hydrogen-bond acceptors (Lipinski definition) is 4. The van der Waals surface area contributed by atoms with Crippen LogP contribution in [0.2, 0.25) is 0 Å². The van der Waals surface area contributed by atoms with E-state index in [2.05, 4.69) is 10.0 Å². The average molecular weight is 342 g/mol. The number of rotatable bonds is 9. The number of anilines is 1. The van der Waals surface area contributed by atoms with Crippen LogP contribution < -0.4 is 10.0 Å². The van der Waals surface area contributed by atoms with Crippen molar-refractivity contribution in [3.05, 3.63) is 23.8 Å². The van der Waals surface area contributed by atoms with Crippen molar-refractivity contribution in [2.24, 2.45) is 5.92 Å². The van der Waals surface area contributed by atoms with Crippen LogP contribution in [-0.4, -0.2) is 32.1 Å². The van der Waals surface area contributed by atoms with E-state index < -0.39 is 16.0 Å². The second kappa shape index (κ2) is 8.31. The summed E-state index contributed by atoms with van der Waals surface area (Å²) in [5, 5.41) is 12.4. The number of hydrogen-bond donors (Lipinski definition) is 3. The highest BCUT2D eigenvalue weighted by molar-refractivity contribution is 7.89. The minimum absolute atomic E-state index is 0.0343. The van der Waals surface area contributed by atoms with E-state index in [1.807, 2.05) is 20.8 Å². The van der Waals surface area contributed by atoms with Gasteiger partial charge < -0.3 is 10.4 Å². The van der Waals surface area contributed by atoms with E-state index in [9.17, 15) is 18.3 Å². The number of carboxylic acid groups (broad SMARTS) is 1. The lowest BCUT2D eigenvalue weighted by Gasteiger charge is -2.16. The van der Waals surface area contributed by atoms with Gasteiger partial charge >= 0.3 is 5.97 Å². The zero-order valence-corrected chi connectivity index (χ0v) is 14.9. The molecule has 0 saturated heterocycles. The monoisotopic (exact) mass is 342 g/mol. The van der Waals surface area contributed by atoms with Gasteiger partial charge in [0.15, 0.2) is 0 Å². The van der Waals surface area contributed by atoms with Gasteiger partial charge in [0, 0.05) is 18.3 Å². The summed E-state index contributed by atoms with van der Waals surface area (Å²) < 4.78 is 27.3. The summed E-state index contributed by atoms with van der Waals surface area (Å²) in [5.74, 6) is -0.813. The Labute approximate surface area is 138 Å². The molecule has 1 atom stereocenters. The Morgan fingerprint density at radius 1 is 1.26 bits per heavy atom. The topological polar surface area (TPSA) is 95.5 Å². The number of benzene rings is 1. The quantitative estimate of drug-likeness (QED) is 0.641. The van der Waals surface area contributed by atoms with Crippen molar-refractivity contribution in [2.45, 2.75) is 51.5 Å². The van der Waals surface area contributed by atoms with Crippen molar-refractivity contribution in [3.8, 4) is 0 Å². The second-order valence-electron chi connectivity index (χ2n) is 6.10. The first-order chi connectivity index (χ1) is 10.7. The van der Waals surface area contributed by atoms with Crippen molar-refractivity contribution in [3.63, 3.8) is 0 Å². The largest absolute Gasteiger partial charge is 0.478 e. The summed E-state index contributed by atoms with van der Waals surface area (Å²) in [7, 11) is -3.73. The summed E-state index contributed by atoms with van der Waals surface area (Å²) in [4.78, 5) is 11.4. The number of carbonyl (C=O) groups is 1. The third kappa shape index (κ3) is 5.84. The molecule has 7 heteroatoms. The Balaban J connectivity index is 3.09. The normalized spacial score (nSPS) is 13.1. The molecule has 1 aromatic rings. The fourth-order valence-electron chi connectivity index (χ4n) is 2.16. The SMILES string of the molecule is CCC[C@@H](C)NS(=O)(=O)c1ccc(NCC(C)C)c(C(=O)O)c1. The molecule has 1 aromatic carbocycles. The highest BCUT2D eigenvalue weighted by Gasteiger charge is 2.20. The Bertz CT molecular complexity index is 641. The van der Waals surface area contributed by atoms with E-state index in [1.54, 1.807) is 6.92 Å². The van der Waals surface area contributed by atoms with Crippen molar-refractivity contribution in [1.82, 2.24) is 4.72 Å². The molecular weight excluding hydrogens is 316 g/mol. The Morgan fingerprint density at radius 3 is 2.43 bits per heavy atom. The summed E-state index contributed by atoms with van der Waals surface area (Å²) in [5.41, 5.74) is 0.378. The van der Waals surface area contributed by atoms with E-state index >= 15 is 0 Å². The van der Waals surface area contributed by atoms with Gasteiger partial charge in [-0.15, -0.1) is 0 Å². The van der Waals surface area contributed by atoms with Crippen molar-refractivity contribution >= 4 is 21.7 Å². The van der Waals surface area contributed by atoms with Crippen LogP contribution in [0.25, 0.3) is 0 Å². The first kappa shape index (κ1) is 19.4. The molecule has 0 spiro atoms. The van der Waals surface area contributed by atoms with Crippen LogP contribution in [0.3, 0.4) is 0 Å². The van der Waals surface area contributed by atoms with Gasteiger partial charge in [-0.05, 0) is 37.5 Å². The molecule has 0 aliphatic carbocycles. The van der Waals surface area contributed by atoms with Gasteiger partial charge in [0.1, 0.15) is 0 Å². The molecule has 0 bridgehead atoms. The minimum Gasteiger partial charge on any atom is -0.478 e. The Hall–Kier alpha value is -1.60. The molecule has 0 amide bonds. The Kier molecular flexibility index (Phi) is 7.02. The van der Waals surface area contributed by atoms with E-state index in [0.717, 1.165) is 12.8 Å². The van der Waals surface area contributed by atoms with Crippen LogP contribution in [0.15, 0.2) is 23.1 Å². The molecule has 0 fully saturated rings. The maximum absolute atomic E-state index is 12.3. The van der Waals surface area contributed by atoms with Crippen molar-refractivity contribution in [2.75, 3.05) is 11.9 Å². The molecule has 6 nitrogen and oxygen atoms in total. The summed E-state index contributed by atoms with van der Waals surface area (Å²) >= 11 is 0. The van der Waals surface area contributed by atoms with E-state index in [0.29, 0.717) is 18.2 Å². The molecule has 0 radical (unpaired) electrons. The van der Waals surface area contributed by atoms with Crippen LogP contribution in [0.5, 0.6) is 0 Å². The lowest BCUT2D eigenvalue weighted by Crippen LogP contribution is -2.32. The first-order valence-electron chi connectivity index (χ1n) is 7.81. The zero-order valence-electron chi connectivity index (χ0n) is 14.1. The van der Waals surface area contributed by atoms with Crippen molar-refractivity contribution < 1.29 is 18.3 Å². The number of sulfonamides is 1. The molecule has 23 heavy (non-hydrogen) atoms. The standard InChI is InChI=1S/C16H26N2O4S/c1-5-6-12(4)18-23(21,22)13-7-8-15(17-10-11(2)3)14(9-13)16(19)20/h7-9,11-12,17-18H,5-6,10H2,1-4H3,(H,19,20)/t12-/m1/s1. The van der Waals surface area contributed by atoms with Crippen LogP contribution in [0, 0.1) is 5.92 Å². The predicted octanol–water partition coefficient (Wildman–Crippen LogP) is 2.92. The van der Waals surface area contributed by atoms with Gasteiger partial charge in [-0.1, -0.05) is 27.2 Å². The number of carboxylic acids is 1. The van der Waals surface area contributed by atoms with Crippen LogP contribution in [0.4, 0.5) is 5.69 Å². The van der Waals surface area contributed by atoms with E-state index in [4.69, 9.17) is 0 Å². The van der Waals surface area contributed by atoms with Crippen LogP contribution >= 0.6 is 0 Å². The van der Waals surface area contributed by atoms with Gasteiger partial charge in [-0.2, -0.15) is 0 Å². The molecule has 0 heterocycles. The summed E-state index contributed by atoms with van der Waals surface area (Å²) in [6, 6.07) is 3.93. The third-order valence-corrected chi connectivity index (χ3v) is 4.90. The first-order valence-corrected chi connectivity index (χ1v) is 9.29. The molecule has 130 valence electrons. The van der Waals surface area contributed by atoms with Gasteiger partial charge in [0.25, 0.3) is 0 Å². The van der Waals surface area contributed by atoms with Gasteiger partial charge in [-0.25, -0.2) is 17.9 Å². The molecule has 0 unspecified atom stereocenters. The fraction of sp³-hybridized carbons (Fsp3) is 0.562. The molecular formula is C16H26N2O4S. The molecule has 0 aliphatic rings. The summed E-state index contributed by atoms with van der Waals surface area (Å²) in [6.07, 6.45) is 1.58. The number of aromatic carboxylic acids is 1. The lowest BCUT2D eigenvalue weighted by atomic mass is 10.1. The predicted molar refractivity (Wildman–Crippen MR) is 91.4 cm³/mol. The molecule has 3 N–H and O–H groups in total. The minimum atomic E-state index is -3.73. The van der Waals surface area contributed by atoms with E-state index in [1.165, 1.54) is 18.2 Å². The van der Waals surface area contributed by atoms with Gasteiger partial charge in [0.2, 0.25) is 10.0 Å². The average Bonchev–Trinajstić information content (AvgIpc) is 2.44. The van der Waals surface area contributed by atoms with Gasteiger partial charge in [-0.3, -0.25) is 0 Å². The molecule has 0 saturated carbocycles. The maximum Gasteiger partial charge on any atom is 0.337 e. The van der Waals surface area contributed by atoms with Crippen molar-refractivity contribution in [1.29, 1.82) is 0 Å². The smallest absolute Gasteiger partial charge is 0.337 e. The fourth-order valence-corrected chi connectivity index (χ4v) is 3.46. The highest BCUT2D eigenvalue weighted by Crippen LogP contribution is 2.21. The zero-order chi connectivity index (χ0) is 17.6. The lowest BCUT2D eigenvalue weighted by molar-refractivity contribution is 0.0697. The summed E-state index contributed by atoms with van der Waals surface area (Å²) in [6.45, 7) is 8.38. The number of nitrogens with one attached hydrogen (secondary N) is 2. The molecule has 0 aromatic heterocycles. The van der Waals surface area contributed by atoms with Crippen LogP contribution in [-0.2, 0) is 10.0 Å². The van der Waals surface area contributed by atoms with E-state index in [-0.39, 0.29) is 16.5 Å². The van der Waals surface area contributed by atoms with Gasteiger partial charge in [0.05, 0.1) is 10.5 Å². The third-order valence-electron chi connectivity index (χ3n) is 3.31. The molecule has 1 rings (SSSR count). The molecule has 0 aliphatic heterocycles. The maximum atomic E-state index is 12.3. The van der Waals surface area contributed by atoms with Crippen LogP contribution in [0.1, 0.15) is 50.9 Å². The Morgan fingerprint density at radius 2 is 1.91 bits per heavy atom. The second-order valence-corrected chi connectivity index (χ2v) is 7.81.